The van der Waals surface area contributed by atoms with E-state index in [0.717, 1.165) is 38.2 Å². The molecule has 0 aliphatic carbocycles. The molecule has 1 amide bonds. The SMILES string of the molecule is CCCCOc1ccc2nc(NC(NC(C)=O)(C(=O)OC)C(F)(F)F)sc2c1. The van der Waals surface area contributed by atoms with E-state index in [1.165, 1.54) is 0 Å². The van der Waals surface area contributed by atoms with Gasteiger partial charge >= 0.3 is 17.8 Å². The fraction of sp³-hybridized carbons (Fsp3) is 0.471. The van der Waals surface area contributed by atoms with Crippen LogP contribution in [0.4, 0.5) is 18.3 Å². The molecular weight excluding hydrogens is 399 g/mol. The minimum Gasteiger partial charge on any atom is -0.494 e. The maximum atomic E-state index is 13.7. The van der Waals surface area contributed by atoms with Gasteiger partial charge in [0.25, 0.3) is 0 Å². The molecule has 1 aromatic heterocycles. The van der Waals surface area contributed by atoms with Gasteiger partial charge in [-0.3, -0.25) is 4.79 Å². The first-order chi connectivity index (χ1) is 13.1. The van der Waals surface area contributed by atoms with E-state index in [9.17, 15) is 22.8 Å². The zero-order valence-electron chi connectivity index (χ0n) is 15.5. The van der Waals surface area contributed by atoms with Crippen molar-refractivity contribution in [3.8, 4) is 5.75 Å². The number of hydrogen-bond donors (Lipinski definition) is 2. The molecule has 2 aromatic rings. The van der Waals surface area contributed by atoms with Gasteiger partial charge in [-0.25, -0.2) is 9.78 Å². The second-order valence-corrected chi connectivity index (χ2v) is 6.93. The number of esters is 1. The second kappa shape index (κ2) is 8.63. The zero-order valence-corrected chi connectivity index (χ0v) is 16.3. The Balaban J connectivity index is 2.39. The van der Waals surface area contributed by atoms with E-state index in [2.05, 4.69) is 9.72 Å². The summed E-state index contributed by atoms with van der Waals surface area (Å²) in [7, 11) is 0.796. The van der Waals surface area contributed by atoms with Gasteiger partial charge in [0.1, 0.15) is 5.75 Å². The number of rotatable bonds is 8. The van der Waals surface area contributed by atoms with E-state index < -0.39 is 23.7 Å². The number of aromatic nitrogens is 1. The number of amides is 1. The van der Waals surface area contributed by atoms with Crippen molar-refractivity contribution in [2.45, 2.75) is 38.5 Å². The largest absolute Gasteiger partial charge is 0.494 e. The van der Waals surface area contributed by atoms with Crippen LogP contribution in [0.15, 0.2) is 18.2 Å². The first kappa shape index (κ1) is 21.7. The number of carbonyl (C=O) groups is 2. The van der Waals surface area contributed by atoms with Gasteiger partial charge in [0.15, 0.2) is 5.13 Å². The van der Waals surface area contributed by atoms with Gasteiger partial charge in [-0.1, -0.05) is 24.7 Å². The lowest BCUT2D eigenvalue weighted by molar-refractivity contribution is -0.206. The number of alkyl halides is 3. The summed E-state index contributed by atoms with van der Waals surface area (Å²) in [6.45, 7) is 3.41. The van der Waals surface area contributed by atoms with Crippen molar-refractivity contribution in [2.75, 3.05) is 19.0 Å². The van der Waals surface area contributed by atoms with Gasteiger partial charge in [0.05, 0.1) is 23.9 Å². The molecule has 1 aromatic carbocycles. The predicted octanol–water partition coefficient (Wildman–Crippen LogP) is 3.45. The fourth-order valence-corrected chi connectivity index (χ4v) is 3.30. The quantitative estimate of drug-likeness (QED) is 0.387. The zero-order chi connectivity index (χ0) is 20.9. The molecule has 7 nitrogen and oxygen atoms in total. The topological polar surface area (TPSA) is 89.5 Å². The molecule has 28 heavy (non-hydrogen) atoms. The van der Waals surface area contributed by atoms with Crippen molar-refractivity contribution in [2.24, 2.45) is 0 Å². The molecule has 0 saturated carbocycles. The average Bonchev–Trinajstić information content (AvgIpc) is 3.00. The number of anilines is 1. The van der Waals surface area contributed by atoms with Gasteiger partial charge in [0.2, 0.25) is 5.91 Å². The molecule has 0 radical (unpaired) electrons. The number of nitrogens with zero attached hydrogens (tertiary/aromatic N) is 1. The van der Waals surface area contributed by atoms with Crippen LogP contribution in [-0.4, -0.2) is 42.4 Å². The number of halogens is 3. The van der Waals surface area contributed by atoms with Crippen LogP contribution in [0, 0.1) is 0 Å². The molecular formula is C17H20F3N3O4S. The predicted molar refractivity (Wildman–Crippen MR) is 98.3 cm³/mol. The average molecular weight is 419 g/mol. The van der Waals surface area contributed by atoms with Gasteiger partial charge in [-0.15, -0.1) is 0 Å². The number of benzene rings is 1. The maximum absolute atomic E-state index is 13.7. The summed E-state index contributed by atoms with van der Waals surface area (Å²) < 4.78 is 51.6. The summed E-state index contributed by atoms with van der Waals surface area (Å²) in [4.78, 5) is 27.4. The number of hydrogen-bond acceptors (Lipinski definition) is 7. The highest BCUT2D eigenvalue weighted by Gasteiger charge is 2.63. The van der Waals surface area contributed by atoms with Crippen molar-refractivity contribution < 1.29 is 32.2 Å². The Morgan fingerprint density at radius 2 is 2.00 bits per heavy atom. The molecule has 0 spiro atoms. The van der Waals surface area contributed by atoms with Gasteiger partial charge in [-0.2, -0.15) is 13.2 Å². The van der Waals surface area contributed by atoms with E-state index in [1.807, 2.05) is 12.2 Å². The first-order valence-electron chi connectivity index (χ1n) is 8.38. The molecule has 0 aliphatic rings. The molecule has 2 rings (SSSR count). The van der Waals surface area contributed by atoms with Gasteiger partial charge in [0, 0.05) is 6.92 Å². The molecule has 0 aliphatic heterocycles. The highest BCUT2D eigenvalue weighted by Crippen LogP contribution is 2.36. The molecule has 0 bridgehead atoms. The summed E-state index contributed by atoms with van der Waals surface area (Å²) in [6.07, 6.45) is -3.34. The Morgan fingerprint density at radius 3 is 2.57 bits per heavy atom. The monoisotopic (exact) mass is 419 g/mol. The van der Waals surface area contributed by atoms with Gasteiger partial charge < -0.3 is 20.1 Å². The van der Waals surface area contributed by atoms with Crippen molar-refractivity contribution in [1.82, 2.24) is 10.3 Å². The van der Waals surface area contributed by atoms with Crippen LogP contribution in [0.5, 0.6) is 5.75 Å². The van der Waals surface area contributed by atoms with Crippen LogP contribution in [0.3, 0.4) is 0 Å². The Bertz CT molecular complexity index is 856. The molecule has 1 heterocycles. The minimum absolute atomic E-state index is 0.211. The third-order valence-corrected chi connectivity index (χ3v) is 4.63. The molecule has 1 unspecified atom stereocenters. The summed E-state index contributed by atoms with van der Waals surface area (Å²) >= 11 is 0.887. The summed E-state index contributed by atoms with van der Waals surface area (Å²) in [5, 5.41) is 3.41. The number of thiazole rings is 1. The lowest BCUT2D eigenvalue weighted by Crippen LogP contribution is -2.69. The van der Waals surface area contributed by atoms with E-state index >= 15 is 0 Å². The lowest BCUT2D eigenvalue weighted by Gasteiger charge is -2.33. The number of unbranched alkanes of at least 4 members (excludes halogenated alkanes) is 1. The maximum Gasteiger partial charge on any atom is 0.442 e. The molecule has 11 heteroatoms. The van der Waals surface area contributed by atoms with Crippen molar-refractivity contribution in [3.05, 3.63) is 18.2 Å². The van der Waals surface area contributed by atoms with Crippen LogP contribution in [0.1, 0.15) is 26.7 Å². The van der Waals surface area contributed by atoms with E-state index in [1.54, 1.807) is 23.5 Å². The van der Waals surface area contributed by atoms with Crippen molar-refractivity contribution in [1.29, 1.82) is 0 Å². The third kappa shape index (κ3) is 4.64. The van der Waals surface area contributed by atoms with Crippen molar-refractivity contribution in [3.63, 3.8) is 0 Å². The fourth-order valence-electron chi connectivity index (χ4n) is 2.35. The number of fused-ring (bicyclic) bond motifs is 1. The Morgan fingerprint density at radius 1 is 1.29 bits per heavy atom. The van der Waals surface area contributed by atoms with E-state index in [0.29, 0.717) is 22.6 Å². The van der Waals surface area contributed by atoms with Crippen LogP contribution in [0.25, 0.3) is 10.2 Å². The number of ether oxygens (including phenoxy) is 2. The van der Waals surface area contributed by atoms with Crippen LogP contribution >= 0.6 is 11.3 Å². The highest BCUT2D eigenvalue weighted by atomic mass is 32.1. The van der Waals surface area contributed by atoms with Gasteiger partial charge in [-0.05, 0) is 24.6 Å². The summed E-state index contributed by atoms with van der Waals surface area (Å²) in [5.74, 6) is -2.21. The second-order valence-electron chi connectivity index (χ2n) is 5.90. The molecule has 154 valence electrons. The molecule has 0 fully saturated rings. The third-order valence-electron chi connectivity index (χ3n) is 3.70. The minimum atomic E-state index is -5.18. The standard InChI is InChI=1S/C17H20F3N3O4S/c1-4-5-8-27-11-6-7-12-13(9-11)28-15(21-12)23-16(14(25)26-3,17(18,19)20)22-10(2)24/h6-7,9H,4-5,8H2,1-3H3,(H,21,23)(H,22,24). The lowest BCUT2D eigenvalue weighted by atomic mass is 10.1. The number of carbonyl (C=O) groups excluding carboxylic acids is 2. The summed E-state index contributed by atoms with van der Waals surface area (Å²) in [6, 6.07) is 4.91. The van der Waals surface area contributed by atoms with Crippen LogP contribution in [-0.2, 0) is 14.3 Å². The first-order valence-corrected chi connectivity index (χ1v) is 9.20. The van der Waals surface area contributed by atoms with E-state index in [-0.39, 0.29) is 5.13 Å². The molecule has 0 saturated heterocycles. The number of methoxy groups -OCH3 is 1. The smallest absolute Gasteiger partial charge is 0.442 e. The van der Waals surface area contributed by atoms with Crippen molar-refractivity contribution >= 4 is 38.6 Å². The molecule has 2 N–H and O–H groups in total. The van der Waals surface area contributed by atoms with Crippen LogP contribution in [0.2, 0.25) is 0 Å². The molecule has 1 atom stereocenters. The Labute approximate surface area is 163 Å². The summed E-state index contributed by atoms with van der Waals surface area (Å²) in [5.41, 5.74) is -3.04. The highest BCUT2D eigenvalue weighted by molar-refractivity contribution is 7.22. The Hall–Kier alpha value is -2.56. The van der Waals surface area contributed by atoms with Crippen LogP contribution < -0.4 is 15.4 Å². The Kier molecular flexibility index (Phi) is 6.70. The normalized spacial score (nSPS) is 13.6. The van der Waals surface area contributed by atoms with E-state index in [4.69, 9.17) is 4.74 Å². The number of nitrogens with one attached hydrogen (secondary N) is 2.